The lowest BCUT2D eigenvalue weighted by molar-refractivity contribution is 0.0735. The molecule has 120 valence electrons. The monoisotopic (exact) mass is 320 g/mol. The van der Waals surface area contributed by atoms with Gasteiger partial charge in [-0.1, -0.05) is 24.3 Å². The van der Waals surface area contributed by atoms with Gasteiger partial charge in [0, 0.05) is 5.56 Å². The lowest BCUT2D eigenvalue weighted by Crippen LogP contribution is -2.09. The van der Waals surface area contributed by atoms with Gasteiger partial charge in [-0.15, -0.1) is 0 Å². The van der Waals surface area contributed by atoms with Crippen molar-refractivity contribution in [2.24, 2.45) is 0 Å². The van der Waals surface area contributed by atoms with Gasteiger partial charge < -0.3 is 9.47 Å². The standard InChI is InChI=1S/C20H16O4/c1-13(21)15-4-3-5-16(10-15)20(22)24-19-9-7-14-6-8-18(23-2)11-17(14)12-19/h3-12H,1-2H3. The molecule has 0 aliphatic carbocycles. The number of Topliss-reactive ketones (excluding diaryl/α,β-unsaturated/α-hetero) is 1. The number of esters is 1. The molecule has 3 aromatic rings. The molecule has 4 nitrogen and oxygen atoms in total. The van der Waals surface area contributed by atoms with Crippen molar-refractivity contribution in [1.82, 2.24) is 0 Å². The van der Waals surface area contributed by atoms with E-state index in [1.54, 1.807) is 37.4 Å². The molecule has 0 bridgehead atoms. The molecule has 0 unspecified atom stereocenters. The molecule has 3 rings (SSSR count). The summed E-state index contributed by atoms with van der Waals surface area (Å²) in [6.45, 7) is 1.46. The molecule has 0 saturated heterocycles. The van der Waals surface area contributed by atoms with Gasteiger partial charge in [-0.05, 0) is 54.1 Å². The highest BCUT2D eigenvalue weighted by Crippen LogP contribution is 2.25. The molecule has 0 heterocycles. The SMILES string of the molecule is COc1ccc2ccc(OC(=O)c3cccc(C(C)=O)c3)cc2c1. The molecule has 0 atom stereocenters. The van der Waals surface area contributed by atoms with Crippen molar-refractivity contribution in [2.75, 3.05) is 7.11 Å². The van der Waals surface area contributed by atoms with E-state index in [0.29, 0.717) is 16.9 Å². The maximum absolute atomic E-state index is 12.3. The Morgan fingerprint density at radius 1 is 0.792 bits per heavy atom. The highest BCUT2D eigenvalue weighted by atomic mass is 16.5. The van der Waals surface area contributed by atoms with Crippen LogP contribution in [0.3, 0.4) is 0 Å². The maximum Gasteiger partial charge on any atom is 0.343 e. The quantitative estimate of drug-likeness (QED) is 0.409. The molecule has 0 spiro atoms. The molecular formula is C20H16O4. The molecule has 0 aliphatic rings. The minimum absolute atomic E-state index is 0.0950. The average molecular weight is 320 g/mol. The summed E-state index contributed by atoms with van der Waals surface area (Å²) in [5.41, 5.74) is 0.820. The largest absolute Gasteiger partial charge is 0.497 e. The zero-order valence-electron chi connectivity index (χ0n) is 13.4. The van der Waals surface area contributed by atoms with Crippen LogP contribution < -0.4 is 9.47 Å². The normalized spacial score (nSPS) is 10.4. The topological polar surface area (TPSA) is 52.6 Å². The molecule has 0 aliphatic heterocycles. The van der Waals surface area contributed by atoms with Gasteiger partial charge >= 0.3 is 5.97 Å². The Morgan fingerprint density at radius 3 is 2.17 bits per heavy atom. The van der Waals surface area contributed by atoms with Crippen LogP contribution in [-0.4, -0.2) is 18.9 Å². The number of carbonyl (C=O) groups is 2. The van der Waals surface area contributed by atoms with Crippen LogP contribution in [0.1, 0.15) is 27.6 Å². The summed E-state index contributed by atoms with van der Waals surface area (Å²) in [5.74, 6) is 0.580. The molecule has 0 N–H and O–H groups in total. The number of ether oxygens (including phenoxy) is 2. The molecule has 3 aromatic carbocycles. The predicted molar refractivity (Wildman–Crippen MR) is 91.9 cm³/mol. The van der Waals surface area contributed by atoms with Gasteiger partial charge in [0.25, 0.3) is 0 Å². The Kier molecular flexibility index (Phi) is 4.29. The number of carbonyl (C=O) groups excluding carboxylic acids is 2. The predicted octanol–water partition coefficient (Wildman–Crippen LogP) is 4.27. The summed E-state index contributed by atoms with van der Waals surface area (Å²) in [6.07, 6.45) is 0. The van der Waals surface area contributed by atoms with Crippen molar-refractivity contribution in [2.45, 2.75) is 6.92 Å². The van der Waals surface area contributed by atoms with E-state index in [4.69, 9.17) is 9.47 Å². The van der Waals surface area contributed by atoms with Gasteiger partial charge in [-0.2, -0.15) is 0 Å². The van der Waals surface area contributed by atoms with Gasteiger partial charge in [0.05, 0.1) is 12.7 Å². The number of methoxy groups -OCH3 is 1. The van der Waals surface area contributed by atoms with Gasteiger partial charge in [0.1, 0.15) is 11.5 Å². The van der Waals surface area contributed by atoms with Crippen molar-refractivity contribution in [3.05, 3.63) is 71.8 Å². The first kappa shape index (κ1) is 15.7. The summed E-state index contributed by atoms with van der Waals surface area (Å²) in [4.78, 5) is 23.7. The van der Waals surface area contributed by atoms with Crippen LogP contribution in [0.25, 0.3) is 10.8 Å². The number of hydrogen-bond donors (Lipinski definition) is 0. The van der Waals surface area contributed by atoms with Crippen LogP contribution in [0.5, 0.6) is 11.5 Å². The fourth-order valence-corrected chi connectivity index (χ4v) is 2.42. The van der Waals surface area contributed by atoms with Crippen molar-refractivity contribution in [3.8, 4) is 11.5 Å². The zero-order valence-corrected chi connectivity index (χ0v) is 13.4. The summed E-state index contributed by atoms with van der Waals surface area (Å²) in [7, 11) is 1.60. The second kappa shape index (κ2) is 6.54. The van der Waals surface area contributed by atoms with E-state index in [1.807, 2.05) is 24.3 Å². The van der Waals surface area contributed by atoms with Crippen molar-refractivity contribution in [3.63, 3.8) is 0 Å². The van der Waals surface area contributed by atoms with Crippen LogP contribution in [0.15, 0.2) is 60.7 Å². The molecule has 4 heteroatoms. The van der Waals surface area contributed by atoms with E-state index in [-0.39, 0.29) is 5.78 Å². The Morgan fingerprint density at radius 2 is 1.46 bits per heavy atom. The third-order valence-electron chi connectivity index (χ3n) is 3.73. The van der Waals surface area contributed by atoms with Gasteiger partial charge in [0.2, 0.25) is 0 Å². The molecular weight excluding hydrogens is 304 g/mol. The molecule has 24 heavy (non-hydrogen) atoms. The number of benzene rings is 3. The zero-order chi connectivity index (χ0) is 17.1. The molecule has 0 aromatic heterocycles. The fraction of sp³-hybridized carbons (Fsp3) is 0.100. The van der Waals surface area contributed by atoms with E-state index < -0.39 is 5.97 Å². The second-order valence-corrected chi connectivity index (χ2v) is 5.40. The average Bonchev–Trinajstić information content (AvgIpc) is 2.61. The minimum atomic E-state index is -0.500. The number of fused-ring (bicyclic) bond motifs is 1. The van der Waals surface area contributed by atoms with Gasteiger partial charge in [-0.3, -0.25) is 4.79 Å². The summed E-state index contributed by atoms with van der Waals surface area (Å²) in [5, 5.41) is 1.94. The van der Waals surface area contributed by atoms with Crippen LogP contribution in [0, 0.1) is 0 Å². The molecule has 0 radical (unpaired) electrons. The summed E-state index contributed by atoms with van der Waals surface area (Å²) >= 11 is 0. The van der Waals surface area contributed by atoms with Crippen molar-refractivity contribution < 1.29 is 19.1 Å². The van der Waals surface area contributed by atoms with E-state index in [0.717, 1.165) is 16.5 Å². The first-order chi connectivity index (χ1) is 11.6. The Labute approximate surface area is 139 Å². The lowest BCUT2D eigenvalue weighted by atomic mass is 10.1. The van der Waals surface area contributed by atoms with Crippen LogP contribution in [0.4, 0.5) is 0 Å². The Hall–Kier alpha value is -3.14. The summed E-state index contributed by atoms with van der Waals surface area (Å²) in [6, 6.07) is 17.6. The highest BCUT2D eigenvalue weighted by Gasteiger charge is 2.11. The van der Waals surface area contributed by atoms with Gasteiger partial charge in [-0.25, -0.2) is 4.79 Å². The van der Waals surface area contributed by atoms with E-state index in [2.05, 4.69) is 0 Å². The molecule has 0 amide bonds. The first-order valence-electron chi connectivity index (χ1n) is 7.48. The Bertz CT molecular complexity index is 928. The maximum atomic E-state index is 12.3. The van der Waals surface area contributed by atoms with Crippen molar-refractivity contribution >= 4 is 22.5 Å². The molecule has 0 fully saturated rings. The van der Waals surface area contributed by atoms with E-state index >= 15 is 0 Å². The fourth-order valence-electron chi connectivity index (χ4n) is 2.42. The van der Waals surface area contributed by atoms with E-state index in [1.165, 1.54) is 13.0 Å². The highest BCUT2D eigenvalue weighted by molar-refractivity contribution is 5.98. The third kappa shape index (κ3) is 3.27. The number of rotatable bonds is 4. The first-order valence-corrected chi connectivity index (χ1v) is 7.48. The van der Waals surface area contributed by atoms with E-state index in [9.17, 15) is 9.59 Å². The van der Waals surface area contributed by atoms with Crippen molar-refractivity contribution in [1.29, 1.82) is 0 Å². The van der Waals surface area contributed by atoms with Crippen LogP contribution >= 0.6 is 0 Å². The Balaban J connectivity index is 1.87. The number of hydrogen-bond acceptors (Lipinski definition) is 4. The second-order valence-electron chi connectivity index (χ2n) is 5.40. The summed E-state index contributed by atoms with van der Waals surface area (Å²) < 4.78 is 10.6. The van der Waals surface area contributed by atoms with Gasteiger partial charge in [0.15, 0.2) is 5.78 Å². The third-order valence-corrected chi connectivity index (χ3v) is 3.73. The van der Waals surface area contributed by atoms with Crippen LogP contribution in [0.2, 0.25) is 0 Å². The smallest absolute Gasteiger partial charge is 0.343 e. The lowest BCUT2D eigenvalue weighted by Gasteiger charge is -2.07. The van der Waals surface area contributed by atoms with Crippen LogP contribution in [-0.2, 0) is 0 Å². The number of ketones is 1. The minimum Gasteiger partial charge on any atom is -0.497 e. The molecule has 0 saturated carbocycles.